The summed E-state index contributed by atoms with van der Waals surface area (Å²) in [6.45, 7) is 6.53. The normalized spacial score (nSPS) is 12.8. The number of hydrogen-bond donors (Lipinski definition) is 0. The molecule has 0 fully saturated rings. The highest BCUT2D eigenvalue weighted by Crippen LogP contribution is 2.16. The summed E-state index contributed by atoms with van der Waals surface area (Å²) >= 11 is 0. The second-order valence-electron chi connectivity index (χ2n) is 22.4. The number of carbonyl (C=O) groups excluding carboxylic acids is 3. The molecule has 0 heterocycles. The molecule has 0 aromatic rings. The number of ether oxygens (including phenoxy) is 3. The fourth-order valence-corrected chi connectivity index (χ4v) is 9.45. The van der Waals surface area contributed by atoms with Crippen molar-refractivity contribution in [3.8, 4) is 0 Å². The molecule has 0 aliphatic heterocycles. The molecule has 0 aromatic heterocycles. The van der Waals surface area contributed by atoms with Crippen LogP contribution in [0.2, 0.25) is 0 Å². The average Bonchev–Trinajstić information content (AvgIpc) is 3.46. The van der Waals surface area contributed by atoms with E-state index < -0.39 is 6.10 Å². The minimum absolute atomic E-state index is 0.0792. The van der Waals surface area contributed by atoms with Crippen molar-refractivity contribution in [3.05, 3.63) is 109 Å². The van der Waals surface area contributed by atoms with E-state index >= 15 is 0 Å². The van der Waals surface area contributed by atoms with E-state index in [1.165, 1.54) is 167 Å². The van der Waals surface area contributed by atoms with Crippen LogP contribution < -0.4 is 0 Å². The van der Waals surface area contributed by atoms with Gasteiger partial charge in [-0.05, 0) is 109 Å². The lowest BCUT2D eigenvalue weighted by atomic mass is 10.1. The molecule has 0 bridgehead atoms. The quantitative estimate of drug-likeness (QED) is 0.0261. The summed E-state index contributed by atoms with van der Waals surface area (Å²) in [6.07, 6.45) is 92.5. The van der Waals surface area contributed by atoms with Crippen LogP contribution in [0.15, 0.2) is 109 Å². The van der Waals surface area contributed by atoms with E-state index in [1.807, 2.05) is 0 Å². The number of rotatable bonds is 61. The Labute approximate surface area is 495 Å². The van der Waals surface area contributed by atoms with Crippen molar-refractivity contribution in [1.29, 1.82) is 0 Å². The van der Waals surface area contributed by atoms with E-state index in [0.717, 1.165) is 116 Å². The number of unbranched alkanes of at least 4 members (excludes halogenated alkanes) is 32. The molecule has 0 rings (SSSR count). The van der Waals surface area contributed by atoms with Crippen molar-refractivity contribution in [3.63, 3.8) is 0 Å². The van der Waals surface area contributed by atoms with Gasteiger partial charge in [-0.25, -0.2) is 0 Å². The van der Waals surface area contributed by atoms with Crippen LogP contribution in [0.1, 0.15) is 323 Å². The first kappa shape index (κ1) is 76.1. The third-order valence-corrected chi connectivity index (χ3v) is 14.5. The molecule has 80 heavy (non-hydrogen) atoms. The van der Waals surface area contributed by atoms with Gasteiger partial charge >= 0.3 is 17.9 Å². The molecule has 0 spiro atoms. The highest BCUT2D eigenvalue weighted by Gasteiger charge is 2.19. The van der Waals surface area contributed by atoms with E-state index in [4.69, 9.17) is 14.2 Å². The summed E-state index contributed by atoms with van der Waals surface area (Å²) in [5.74, 6) is -0.882. The Balaban J connectivity index is 4.24. The van der Waals surface area contributed by atoms with Gasteiger partial charge in [0.25, 0.3) is 0 Å². The van der Waals surface area contributed by atoms with Gasteiger partial charge in [0.05, 0.1) is 0 Å². The molecule has 1 unspecified atom stereocenters. The monoisotopic (exact) mass is 1110 g/mol. The van der Waals surface area contributed by atoms with Crippen molar-refractivity contribution in [2.24, 2.45) is 0 Å². The zero-order chi connectivity index (χ0) is 57.8. The second-order valence-corrected chi connectivity index (χ2v) is 22.4. The van der Waals surface area contributed by atoms with Gasteiger partial charge in [0.2, 0.25) is 0 Å². The molecular formula is C74H126O6. The Morgan fingerprint density at radius 2 is 0.487 bits per heavy atom. The van der Waals surface area contributed by atoms with Gasteiger partial charge < -0.3 is 14.2 Å². The first-order valence-corrected chi connectivity index (χ1v) is 33.9. The van der Waals surface area contributed by atoms with Crippen LogP contribution in [0.4, 0.5) is 0 Å². The van der Waals surface area contributed by atoms with Crippen molar-refractivity contribution in [2.75, 3.05) is 13.2 Å². The van der Waals surface area contributed by atoms with Crippen LogP contribution >= 0.6 is 0 Å². The van der Waals surface area contributed by atoms with E-state index in [1.54, 1.807) is 0 Å². The average molecular weight is 1110 g/mol. The lowest BCUT2D eigenvalue weighted by molar-refractivity contribution is -0.167. The maximum atomic E-state index is 12.9. The number of esters is 3. The van der Waals surface area contributed by atoms with E-state index in [2.05, 4.69) is 130 Å². The molecule has 6 heteroatoms. The smallest absolute Gasteiger partial charge is 0.306 e. The molecular weight excluding hydrogens is 985 g/mol. The summed E-state index contributed by atoms with van der Waals surface area (Å²) in [7, 11) is 0. The third-order valence-electron chi connectivity index (χ3n) is 14.5. The van der Waals surface area contributed by atoms with Gasteiger partial charge in [0.15, 0.2) is 6.10 Å². The van der Waals surface area contributed by atoms with Crippen LogP contribution in [-0.4, -0.2) is 37.2 Å². The highest BCUT2D eigenvalue weighted by atomic mass is 16.6. The summed E-state index contributed by atoms with van der Waals surface area (Å²) in [5.41, 5.74) is 0. The lowest BCUT2D eigenvalue weighted by Crippen LogP contribution is -2.30. The largest absolute Gasteiger partial charge is 0.462 e. The molecule has 0 amide bonds. The summed E-state index contributed by atoms with van der Waals surface area (Å²) in [5, 5.41) is 0. The Morgan fingerprint density at radius 3 is 0.775 bits per heavy atom. The van der Waals surface area contributed by atoms with Crippen LogP contribution in [0.3, 0.4) is 0 Å². The van der Waals surface area contributed by atoms with Crippen LogP contribution in [-0.2, 0) is 28.6 Å². The first-order valence-electron chi connectivity index (χ1n) is 33.9. The minimum atomic E-state index is -0.783. The zero-order valence-corrected chi connectivity index (χ0v) is 52.6. The maximum absolute atomic E-state index is 12.9. The Bertz CT molecular complexity index is 1610. The SMILES string of the molecule is CC/C=C\C/C=C\C/C=C\C/C=C\C/C=C\C/C=C\C/C=C\C/C=C\CCCCCCCCCCC(=O)OCC(COC(=O)CCCCCCCCCCCCC)OC(=O)CCCCCCCCC/C=C\CCCCCCCCC. The molecule has 1 atom stereocenters. The minimum Gasteiger partial charge on any atom is -0.462 e. The molecule has 0 N–H and O–H groups in total. The molecule has 6 nitrogen and oxygen atoms in total. The van der Waals surface area contributed by atoms with Crippen molar-refractivity contribution < 1.29 is 28.6 Å². The second kappa shape index (κ2) is 67.6. The summed E-state index contributed by atoms with van der Waals surface area (Å²) in [6, 6.07) is 0. The Kier molecular flexibility index (Phi) is 64.3. The molecule has 0 aromatic carbocycles. The topological polar surface area (TPSA) is 78.9 Å². The van der Waals surface area contributed by atoms with Crippen molar-refractivity contribution >= 4 is 17.9 Å². The van der Waals surface area contributed by atoms with Crippen LogP contribution in [0.5, 0.6) is 0 Å². The molecule has 0 aliphatic carbocycles. The van der Waals surface area contributed by atoms with Crippen LogP contribution in [0, 0.1) is 0 Å². The van der Waals surface area contributed by atoms with Gasteiger partial charge in [-0.2, -0.15) is 0 Å². The van der Waals surface area contributed by atoms with Gasteiger partial charge in [0, 0.05) is 19.3 Å². The number of allylic oxidation sites excluding steroid dienone is 18. The first-order chi connectivity index (χ1) is 39.5. The van der Waals surface area contributed by atoms with Gasteiger partial charge in [-0.1, -0.05) is 304 Å². The third kappa shape index (κ3) is 64.9. The van der Waals surface area contributed by atoms with Gasteiger partial charge in [-0.3, -0.25) is 14.4 Å². The Morgan fingerprint density at radius 1 is 0.263 bits per heavy atom. The van der Waals surface area contributed by atoms with Crippen LogP contribution in [0.25, 0.3) is 0 Å². The summed E-state index contributed by atoms with van der Waals surface area (Å²) in [4.78, 5) is 38.3. The number of hydrogen-bond acceptors (Lipinski definition) is 6. The fourth-order valence-electron chi connectivity index (χ4n) is 9.45. The predicted octanol–water partition coefficient (Wildman–Crippen LogP) is 23.4. The highest BCUT2D eigenvalue weighted by molar-refractivity contribution is 5.71. The van der Waals surface area contributed by atoms with Gasteiger partial charge in [0.1, 0.15) is 13.2 Å². The molecule has 0 saturated heterocycles. The molecule has 0 aliphatic rings. The van der Waals surface area contributed by atoms with Crippen molar-refractivity contribution in [2.45, 2.75) is 329 Å². The van der Waals surface area contributed by atoms with Crippen molar-refractivity contribution in [1.82, 2.24) is 0 Å². The molecule has 458 valence electrons. The van der Waals surface area contributed by atoms with E-state index in [0.29, 0.717) is 19.3 Å². The summed E-state index contributed by atoms with van der Waals surface area (Å²) < 4.78 is 16.9. The molecule has 0 radical (unpaired) electrons. The van der Waals surface area contributed by atoms with E-state index in [9.17, 15) is 14.4 Å². The molecule has 0 saturated carbocycles. The lowest BCUT2D eigenvalue weighted by Gasteiger charge is -2.18. The zero-order valence-electron chi connectivity index (χ0n) is 52.6. The standard InChI is InChI=1S/C74H126O6/c1-4-7-10-13-16-19-22-24-26-28-30-31-32-33-34-35-36-37-38-39-40-41-42-43-44-46-47-49-52-55-58-61-64-67-73(76)79-70-71(69-78-72(75)66-63-60-57-54-51-21-18-15-12-9-6-3)80-74(77)68-65-62-59-56-53-50-48-45-29-27-25-23-20-17-14-11-8-5-2/h7,10,16,19,24,26-27,29-31,33-34,36-37,39-40,42-43,71H,4-6,8-9,11-15,17-18,20-23,25,28,32,35,38,41,44-70H2,1-3H3/b10-7-,19-16-,26-24-,29-27-,31-30-,34-33-,37-36-,40-39-,43-42-. The Hall–Kier alpha value is -3.93. The van der Waals surface area contributed by atoms with Gasteiger partial charge in [-0.15, -0.1) is 0 Å². The predicted molar refractivity (Wildman–Crippen MR) is 348 cm³/mol. The number of carbonyl (C=O) groups is 3. The van der Waals surface area contributed by atoms with E-state index in [-0.39, 0.29) is 31.1 Å². The maximum Gasteiger partial charge on any atom is 0.306 e. The fraction of sp³-hybridized carbons (Fsp3) is 0.716.